The zero-order valence-electron chi connectivity index (χ0n) is 17.9. The van der Waals surface area contributed by atoms with Gasteiger partial charge in [0, 0.05) is 28.0 Å². The normalized spacial score (nSPS) is 18.0. The van der Waals surface area contributed by atoms with Gasteiger partial charge in [-0.1, -0.05) is 24.3 Å². The zero-order chi connectivity index (χ0) is 24.2. The Morgan fingerprint density at radius 3 is 2.38 bits per heavy atom. The van der Waals surface area contributed by atoms with Crippen molar-refractivity contribution in [3.63, 3.8) is 0 Å². The first-order chi connectivity index (χ1) is 16.2. The van der Waals surface area contributed by atoms with Crippen LogP contribution < -0.4 is 5.43 Å². The third-order valence-electron chi connectivity index (χ3n) is 6.10. The molecule has 1 atom stereocenters. The molecular weight excluding hydrogens is 436 g/mol. The van der Waals surface area contributed by atoms with Gasteiger partial charge in [-0.25, -0.2) is 4.79 Å². The van der Waals surface area contributed by atoms with Crippen molar-refractivity contribution in [2.75, 3.05) is 0 Å². The molecule has 168 valence electrons. The first-order valence-corrected chi connectivity index (χ1v) is 10.4. The summed E-state index contributed by atoms with van der Waals surface area (Å²) in [7, 11) is 0. The number of fused-ring (bicyclic) bond motifs is 4. The number of benzene rings is 3. The summed E-state index contributed by atoms with van der Waals surface area (Å²) >= 11 is 0. The Bertz CT molecular complexity index is 1650. The third kappa shape index (κ3) is 3.26. The average Bonchev–Trinajstić information content (AvgIpc) is 2.97. The van der Waals surface area contributed by atoms with E-state index in [1.165, 1.54) is 49.4 Å². The maximum absolute atomic E-state index is 12.3. The van der Waals surface area contributed by atoms with Crippen LogP contribution in [0.25, 0.3) is 38.6 Å². The van der Waals surface area contributed by atoms with E-state index in [0.29, 0.717) is 32.9 Å². The standard InChI is InChI=1S/C27H18O7/c1-27(26(32)33)10-8-18(19(9-11-27)25(30)31)23-20-7-4-16(29)13-22(20)34-24-17-6-3-15(28)12-14(17)2-5-21(23)24/h2-13,28H,1H3,(H,30,31)(H,32,33). The van der Waals surface area contributed by atoms with Crippen LogP contribution in [0.15, 0.2) is 87.6 Å². The second-order valence-electron chi connectivity index (χ2n) is 8.37. The predicted molar refractivity (Wildman–Crippen MR) is 127 cm³/mol. The van der Waals surface area contributed by atoms with Crippen molar-refractivity contribution < 1.29 is 29.3 Å². The number of carboxylic acids is 2. The molecular formula is C27H18O7. The van der Waals surface area contributed by atoms with E-state index in [2.05, 4.69) is 0 Å². The third-order valence-corrected chi connectivity index (χ3v) is 6.10. The molecule has 0 bridgehead atoms. The van der Waals surface area contributed by atoms with Crippen LogP contribution in [0.1, 0.15) is 12.5 Å². The molecule has 34 heavy (non-hydrogen) atoms. The molecule has 0 radical (unpaired) electrons. The van der Waals surface area contributed by atoms with Crippen LogP contribution >= 0.6 is 0 Å². The van der Waals surface area contributed by atoms with Gasteiger partial charge in [-0.3, -0.25) is 9.59 Å². The lowest BCUT2D eigenvalue weighted by Gasteiger charge is -2.18. The van der Waals surface area contributed by atoms with Crippen LogP contribution in [-0.4, -0.2) is 27.3 Å². The summed E-state index contributed by atoms with van der Waals surface area (Å²) in [5.41, 5.74) is -0.0647. The highest BCUT2D eigenvalue weighted by molar-refractivity contribution is 6.14. The lowest BCUT2D eigenvalue weighted by atomic mass is 9.88. The quantitative estimate of drug-likeness (QED) is 0.300. The van der Waals surface area contributed by atoms with Crippen LogP contribution in [0, 0.1) is 5.41 Å². The summed E-state index contributed by atoms with van der Waals surface area (Å²) in [5.74, 6) is -2.00. The molecule has 1 aliphatic heterocycles. The van der Waals surface area contributed by atoms with E-state index in [0.717, 1.165) is 0 Å². The number of hydrogen-bond acceptors (Lipinski definition) is 5. The molecule has 0 aromatic heterocycles. The molecule has 0 spiro atoms. The van der Waals surface area contributed by atoms with E-state index < -0.39 is 17.4 Å². The fraction of sp³-hybridized carbons (Fsp3) is 0.0741. The Hall–Kier alpha value is -4.65. The fourth-order valence-electron chi connectivity index (χ4n) is 4.23. The number of phenolic OH excluding ortho intramolecular Hbond substituents is 1. The number of allylic oxidation sites excluding steroid dienone is 2. The molecule has 1 heterocycles. The zero-order valence-corrected chi connectivity index (χ0v) is 17.9. The lowest BCUT2D eigenvalue weighted by molar-refractivity contribution is -0.143. The molecule has 3 aliphatic rings. The van der Waals surface area contributed by atoms with Gasteiger partial charge in [0.2, 0.25) is 0 Å². The van der Waals surface area contributed by atoms with E-state index in [9.17, 15) is 29.7 Å². The van der Waals surface area contributed by atoms with Crippen molar-refractivity contribution in [3.8, 4) is 17.1 Å². The summed E-state index contributed by atoms with van der Waals surface area (Å²) in [4.78, 5) is 36.2. The van der Waals surface area contributed by atoms with Crippen molar-refractivity contribution >= 4 is 39.3 Å². The Labute approximate surface area is 192 Å². The second kappa shape index (κ2) is 7.45. The van der Waals surface area contributed by atoms with Crippen molar-refractivity contribution in [1.29, 1.82) is 0 Å². The molecule has 0 saturated heterocycles. The van der Waals surface area contributed by atoms with Gasteiger partial charge in [-0.05, 0) is 60.4 Å². The van der Waals surface area contributed by atoms with Crippen LogP contribution in [-0.2, 0) is 9.59 Å². The molecule has 0 fully saturated rings. The summed E-state index contributed by atoms with van der Waals surface area (Å²) in [6.45, 7) is 1.48. The van der Waals surface area contributed by atoms with Crippen molar-refractivity contribution in [1.82, 2.24) is 0 Å². The van der Waals surface area contributed by atoms with E-state index in [4.69, 9.17) is 4.42 Å². The van der Waals surface area contributed by atoms with Crippen molar-refractivity contribution in [3.05, 3.63) is 94.2 Å². The van der Waals surface area contributed by atoms with Gasteiger partial charge in [0.15, 0.2) is 5.43 Å². The summed E-state index contributed by atoms with van der Waals surface area (Å²) < 4.78 is 6.13. The van der Waals surface area contributed by atoms with Crippen LogP contribution in [0.2, 0.25) is 0 Å². The van der Waals surface area contributed by atoms with Gasteiger partial charge in [-0.2, -0.15) is 0 Å². The highest BCUT2D eigenvalue weighted by Crippen LogP contribution is 2.43. The highest BCUT2D eigenvalue weighted by Gasteiger charge is 2.31. The second-order valence-corrected chi connectivity index (χ2v) is 8.37. The average molecular weight is 454 g/mol. The molecule has 3 N–H and O–H groups in total. The Morgan fingerprint density at radius 1 is 0.912 bits per heavy atom. The van der Waals surface area contributed by atoms with Gasteiger partial charge >= 0.3 is 11.9 Å². The molecule has 2 aromatic carbocycles. The van der Waals surface area contributed by atoms with Gasteiger partial charge in [0.25, 0.3) is 0 Å². The van der Waals surface area contributed by atoms with Crippen molar-refractivity contribution in [2.24, 2.45) is 5.41 Å². The molecule has 7 heteroatoms. The largest absolute Gasteiger partial charge is 0.508 e. The Kier molecular flexibility index (Phi) is 4.65. The highest BCUT2D eigenvalue weighted by atomic mass is 16.4. The monoisotopic (exact) mass is 454 g/mol. The number of carbonyl (C=O) groups is 2. The minimum Gasteiger partial charge on any atom is -0.508 e. The summed E-state index contributed by atoms with van der Waals surface area (Å²) in [6, 6.07) is 12.6. The van der Waals surface area contributed by atoms with E-state index in [1.54, 1.807) is 30.3 Å². The maximum atomic E-state index is 12.3. The molecule has 2 aromatic rings. The molecule has 5 rings (SSSR count). The summed E-state index contributed by atoms with van der Waals surface area (Å²) in [5, 5.41) is 31.5. The van der Waals surface area contributed by atoms with Crippen LogP contribution in [0.3, 0.4) is 0 Å². The van der Waals surface area contributed by atoms with E-state index in [-0.39, 0.29) is 28.1 Å². The summed E-state index contributed by atoms with van der Waals surface area (Å²) in [6.07, 6.45) is 5.58. The Morgan fingerprint density at radius 2 is 1.65 bits per heavy atom. The Balaban J connectivity index is 1.96. The molecule has 0 saturated carbocycles. The number of aliphatic carboxylic acids is 2. The van der Waals surface area contributed by atoms with Gasteiger partial charge < -0.3 is 19.7 Å². The number of aromatic hydroxyl groups is 1. The smallest absolute Gasteiger partial charge is 0.336 e. The molecule has 1 unspecified atom stereocenters. The number of hydrogen-bond donors (Lipinski definition) is 3. The SMILES string of the molecule is CC1(C(=O)O)C=CC(C(=O)O)=C(c2c3ccc(=O)cc-3oc3c2ccc2cc(O)ccc23)C=C1. The first kappa shape index (κ1) is 21.2. The van der Waals surface area contributed by atoms with Crippen LogP contribution in [0.4, 0.5) is 0 Å². The van der Waals surface area contributed by atoms with Crippen molar-refractivity contribution in [2.45, 2.75) is 6.92 Å². The molecule has 0 amide bonds. The van der Waals surface area contributed by atoms with Crippen LogP contribution in [0.5, 0.6) is 5.75 Å². The molecule has 2 aliphatic carbocycles. The number of rotatable bonds is 3. The number of carboxylic acid groups (broad SMARTS) is 2. The minimum atomic E-state index is -1.40. The molecule has 7 nitrogen and oxygen atoms in total. The van der Waals surface area contributed by atoms with Gasteiger partial charge in [0.1, 0.15) is 22.5 Å². The maximum Gasteiger partial charge on any atom is 0.336 e. The van der Waals surface area contributed by atoms with E-state index >= 15 is 0 Å². The lowest BCUT2D eigenvalue weighted by Crippen LogP contribution is -2.22. The topological polar surface area (TPSA) is 125 Å². The minimum absolute atomic E-state index is 0.0790. The number of phenols is 1. The van der Waals surface area contributed by atoms with E-state index in [1.807, 2.05) is 0 Å². The van der Waals surface area contributed by atoms with Gasteiger partial charge in [-0.15, -0.1) is 0 Å². The predicted octanol–water partition coefficient (Wildman–Crippen LogP) is 4.81. The fourth-order valence-corrected chi connectivity index (χ4v) is 4.23. The first-order valence-electron chi connectivity index (χ1n) is 10.4. The van der Waals surface area contributed by atoms with Gasteiger partial charge in [0.05, 0.1) is 5.57 Å².